The Bertz CT molecular complexity index is 2720. The van der Waals surface area contributed by atoms with Crippen molar-refractivity contribution in [3.05, 3.63) is 18.2 Å². The maximum atomic E-state index is 12.7. The molecular weight excluding hydrogens is 1170 g/mol. The van der Waals surface area contributed by atoms with E-state index in [1.165, 1.54) is 4.72 Å². The van der Waals surface area contributed by atoms with Gasteiger partial charge in [-0.15, -0.1) is 0 Å². The van der Waals surface area contributed by atoms with Gasteiger partial charge in [-0.25, -0.2) is 31.3 Å². The molecule has 16 N–H and O–H groups in total. The van der Waals surface area contributed by atoms with Gasteiger partial charge in [-0.1, -0.05) is 0 Å². The Hall–Kier alpha value is -3.55. The second kappa shape index (κ2) is 25.7. The lowest BCUT2D eigenvalue weighted by molar-refractivity contribution is -0.366. The molecule has 440 valence electrons. The molecule has 0 unspecified atom stereocenters. The summed E-state index contributed by atoms with van der Waals surface area (Å²) in [6.07, 6.45) is -45.5. The average Bonchev–Trinajstić information content (AvgIpc) is 3.74. The largest absolute Gasteiger partial charge is 0.479 e. The van der Waals surface area contributed by atoms with E-state index in [2.05, 4.69) is 26.7 Å². The molecule has 0 aromatic carbocycles. The zero-order valence-electron chi connectivity index (χ0n) is 37.7. The second-order valence-electron chi connectivity index (χ2n) is 15.8. The number of aliphatic carboxylic acids is 2. The van der Waals surface area contributed by atoms with E-state index < -0.39 is 206 Å². The number of nitrogens with one attached hydrogen (secondary N) is 3. The van der Waals surface area contributed by atoms with Gasteiger partial charge >= 0.3 is 63.8 Å². The molecule has 4 fully saturated rings. The molecule has 0 saturated carbocycles. The van der Waals surface area contributed by atoms with Gasteiger partial charge in [0.2, 0.25) is 5.91 Å². The Morgan fingerprint density at radius 3 is 1.54 bits per heavy atom. The first-order valence-corrected chi connectivity index (χ1v) is 27.2. The Morgan fingerprint density at radius 2 is 1.11 bits per heavy atom. The van der Waals surface area contributed by atoms with Crippen LogP contribution >= 0.6 is 0 Å². The lowest BCUT2D eigenvalue weighted by Gasteiger charge is -2.50. The number of carbonyl (C=O) groups excluding carboxylic acids is 1. The Balaban J connectivity index is 0.00000194. The van der Waals surface area contributed by atoms with Crippen molar-refractivity contribution in [3.63, 3.8) is 0 Å². The van der Waals surface area contributed by atoms with Crippen molar-refractivity contribution in [2.75, 3.05) is 13.2 Å². The number of carboxylic acids is 2. The monoisotopic (exact) mass is 1220 g/mol. The van der Waals surface area contributed by atoms with E-state index in [0.29, 0.717) is 0 Å². The van der Waals surface area contributed by atoms with Gasteiger partial charge in [0.25, 0.3) is 0 Å². The number of aliphatic hydroxyl groups is 6. The zero-order valence-corrected chi connectivity index (χ0v) is 41.8. The summed E-state index contributed by atoms with van der Waals surface area (Å²) >= 11 is 0. The quantitative estimate of drug-likeness (QED) is 0.0508. The Kier molecular flexibility index (Phi) is 22.0. The molecule has 4 aliphatic rings. The first kappa shape index (κ1) is 65.0. The molecule has 76 heavy (non-hydrogen) atoms. The highest BCUT2D eigenvalue weighted by Gasteiger charge is 2.60. The lowest BCUT2D eigenvalue weighted by Crippen LogP contribution is -2.71. The van der Waals surface area contributed by atoms with Gasteiger partial charge in [-0.3, -0.25) is 27.6 Å². The number of hydrogen-bond acceptors (Lipinski definition) is 31. The molecule has 5 rings (SSSR count). The molecule has 0 radical (unpaired) electrons. The first-order valence-electron chi connectivity index (χ1n) is 20.3. The summed E-state index contributed by atoms with van der Waals surface area (Å²) in [4.78, 5) is 43.2. The van der Waals surface area contributed by atoms with Crippen LogP contribution < -0.4 is 10.0 Å². The van der Waals surface area contributed by atoms with Crippen molar-refractivity contribution in [1.82, 2.24) is 20.0 Å². The second-order valence-corrected chi connectivity index (χ2v) is 21.2. The third kappa shape index (κ3) is 18.5. The van der Waals surface area contributed by atoms with Crippen molar-refractivity contribution in [2.45, 2.75) is 137 Å². The maximum Gasteiger partial charge on any atom is 0.397 e. The van der Waals surface area contributed by atoms with Crippen molar-refractivity contribution in [2.24, 2.45) is 0 Å². The number of amides is 1. The number of aromatic amines is 1. The number of nitrogens with zero attached hydrogens (tertiary/aromatic N) is 1. The summed E-state index contributed by atoms with van der Waals surface area (Å²) in [5.74, 6) is -4.52. The summed E-state index contributed by atoms with van der Waals surface area (Å²) < 4.78 is 222. The minimum atomic E-state index is -6.09. The molecule has 46 heteroatoms. The van der Waals surface area contributed by atoms with Gasteiger partial charge in [0.15, 0.2) is 49.6 Å². The van der Waals surface area contributed by atoms with E-state index in [4.69, 9.17) is 37.7 Å². The number of H-pyrrole nitrogens is 1. The highest BCUT2D eigenvalue weighted by Crippen LogP contribution is 2.37. The van der Waals surface area contributed by atoms with Crippen LogP contribution in [0.1, 0.15) is 12.7 Å². The Labute approximate surface area is 426 Å². The van der Waals surface area contributed by atoms with Crippen LogP contribution in [0.5, 0.6) is 0 Å². The summed E-state index contributed by atoms with van der Waals surface area (Å²) in [5, 5.41) is 86.0. The predicted octanol–water partition coefficient (Wildman–Crippen LogP) is -9.99. The zero-order chi connectivity index (χ0) is 57.8. The van der Waals surface area contributed by atoms with Gasteiger partial charge in [-0.2, -0.15) is 46.8 Å². The molecule has 4 saturated heterocycles. The van der Waals surface area contributed by atoms with Gasteiger partial charge in [0, 0.05) is 19.3 Å². The fourth-order valence-electron chi connectivity index (χ4n) is 7.40. The average molecular weight is 1220 g/mol. The van der Waals surface area contributed by atoms with E-state index in [1.807, 2.05) is 12.2 Å². The van der Waals surface area contributed by atoms with Crippen LogP contribution in [-0.2, 0) is 116 Å². The molecule has 41 nitrogen and oxygen atoms in total. The number of aryl methyl sites for hydroxylation is 1. The number of hydrogen-bond donors (Lipinski definition) is 16. The lowest BCUT2D eigenvalue weighted by atomic mass is 9.94. The number of imidazole rings is 1. The summed E-state index contributed by atoms with van der Waals surface area (Å²) in [6, 6.07) is -4.96. The number of carboxylic acid groups (broad SMARTS) is 2. The van der Waals surface area contributed by atoms with Gasteiger partial charge < -0.3 is 84.3 Å². The third-order valence-electron chi connectivity index (χ3n) is 10.3. The van der Waals surface area contributed by atoms with Crippen molar-refractivity contribution in [1.29, 1.82) is 0 Å². The van der Waals surface area contributed by atoms with Crippen molar-refractivity contribution < 1.29 is 170 Å². The van der Waals surface area contributed by atoms with Crippen LogP contribution in [0, 0.1) is 6.92 Å². The third-order valence-corrected chi connectivity index (χ3v) is 12.7. The van der Waals surface area contributed by atoms with Crippen LogP contribution in [0.15, 0.2) is 12.4 Å². The van der Waals surface area contributed by atoms with E-state index in [9.17, 15) is 116 Å². The number of aromatic nitrogens is 2. The van der Waals surface area contributed by atoms with E-state index >= 15 is 0 Å². The fraction of sp³-hybridized carbons (Fsp3) is 0.800. The van der Waals surface area contributed by atoms with Crippen LogP contribution in [-0.4, -0.2) is 269 Å². The molecular formula is C30H48N4O37S5. The molecule has 1 aromatic rings. The summed E-state index contributed by atoms with van der Waals surface area (Å²) in [7, 11) is -29.1. The smallest absolute Gasteiger partial charge is 0.397 e. The van der Waals surface area contributed by atoms with Crippen LogP contribution in [0.25, 0.3) is 0 Å². The summed E-state index contributed by atoms with van der Waals surface area (Å²) in [5.41, 5.74) is 0. The molecule has 1 aromatic heterocycles. The topological polar surface area (TPSA) is 639 Å². The highest BCUT2D eigenvalue weighted by molar-refractivity contribution is 7.83. The molecule has 1 amide bonds. The van der Waals surface area contributed by atoms with Crippen LogP contribution in [0.3, 0.4) is 0 Å². The standard InChI is InChI=1S/C26H42N2O37S5.C4H6N2/c1-4(30)27-7-9(31)13(6(56-23(7)39)3-55-67(43,44)45)58-26-19(65-70(52,53)54)12(34)16(20(62-26)22(37)38)60-24-8(28-66(40,41)42)15(63-68(46,47)48)14(5(2-29)57-24)59-25-18(64-69(49,50)51)11(33)10(32)17(61-25)21(35)36;1-4-5-2-3-6-4/h5-20,23-26,28-29,31-34,39H,2-3H2,1H3,(H,27,30)(H,35,36)(H,37,38)(H,40,41,42)(H,43,44,45)(H,46,47,48)(H,49,50,51)(H,52,53,54);2-3H,1H3,(H,5,6)/t5-,6+,7-,8-,9-,10-,11-,12+,13-,14-,15-,16+,17-,18+,19-,20+,23-,24+,25+,26-;/m1./s1. The number of ether oxygens (including phenoxy) is 7. The number of rotatable bonds is 21. The van der Waals surface area contributed by atoms with Gasteiger partial charge in [-0.05, 0) is 6.92 Å². The van der Waals surface area contributed by atoms with Crippen molar-refractivity contribution >= 4 is 69.7 Å². The molecule has 0 aliphatic carbocycles. The van der Waals surface area contributed by atoms with Gasteiger partial charge in [0.05, 0.1) is 13.2 Å². The normalized spacial score (nSPS) is 36.8. The molecule has 0 bridgehead atoms. The minimum absolute atomic E-state index is 0.840. The SMILES string of the molecule is CC(=O)N[C@@H]1[C@@H](O)[C@H](O[C@@H]2O[C@H](C(=O)O)[C@@H](O[C@@H]3O[C@H](CO)[C@@H](O[C@H]4O[C@@H](C(=O)O)[C@H](O)[C@@H](O)[C@@H]4OS(=O)(=O)O)[C@H](OS(=O)(=O)O)[C@H]3NS(=O)(=O)O)[C@H](O)[C@H]2OS(=O)(=O)O)[C@H](COS(=O)(=O)O)O[C@H]1O.Cc1ncc[nH]1. The highest BCUT2D eigenvalue weighted by atomic mass is 32.3. The first-order chi connectivity index (χ1) is 34.7. The van der Waals surface area contributed by atoms with Crippen molar-refractivity contribution in [3.8, 4) is 0 Å². The minimum Gasteiger partial charge on any atom is -0.479 e. The fourth-order valence-corrected chi connectivity index (χ4v) is 9.77. The van der Waals surface area contributed by atoms with Crippen LogP contribution in [0.4, 0.5) is 0 Å². The van der Waals surface area contributed by atoms with E-state index in [1.54, 1.807) is 12.4 Å². The summed E-state index contributed by atoms with van der Waals surface area (Å²) in [6.45, 7) is -0.323. The number of aliphatic hydroxyl groups excluding tert-OH is 6. The Morgan fingerprint density at radius 1 is 0.605 bits per heavy atom. The molecule has 0 spiro atoms. The van der Waals surface area contributed by atoms with E-state index in [-0.39, 0.29) is 0 Å². The van der Waals surface area contributed by atoms with Crippen LogP contribution in [0.2, 0.25) is 0 Å². The predicted molar refractivity (Wildman–Crippen MR) is 224 cm³/mol. The molecule has 4 aliphatic heterocycles. The van der Waals surface area contributed by atoms with Gasteiger partial charge in [0.1, 0.15) is 78.9 Å². The molecule has 20 atom stereocenters. The maximum absolute atomic E-state index is 12.7. The molecule has 5 heterocycles. The number of carbonyl (C=O) groups is 3. The van der Waals surface area contributed by atoms with E-state index in [0.717, 1.165) is 12.7 Å².